The molecule has 1 saturated heterocycles. The van der Waals surface area contributed by atoms with Crippen LogP contribution in [0.2, 0.25) is 0 Å². The first-order chi connectivity index (χ1) is 18.3. The number of hydrogen-bond acceptors (Lipinski definition) is 5. The van der Waals surface area contributed by atoms with Crippen LogP contribution in [0.15, 0.2) is 55.1 Å². The number of imidazole rings is 1. The van der Waals surface area contributed by atoms with Gasteiger partial charge in [0.15, 0.2) is 0 Å². The Balaban J connectivity index is 0.00000353. The number of halogens is 2. The summed E-state index contributed by atoms with van der Waals surface area (Å²) >= 11 is 0. The van der Waals surface area contributed by atoms with E-state index in [2.05, 4.69) is 39.5 Å². The Labute approximate surface area is 232 Å². The maximum Gasteiger partial charge on any atom is 0.274 e. The van der Waals surface area contributed by atoms with E-state index in [0.29, 0.717) is 24.3 Å². The van der Waals surface area contributed by atoms with E-state index < -0.39 is 11.7 Å². The number of carbonyl (C=O) groups is 2. The first-order valence-electron chi connectivity index (χ1n) is 12.9. The summed E-state index contributed by atoms with van der Waals surface area (Å²) in [6, 6.07) is 8.66. The minimum atomic E-state index is -0.626. The molecule has 1 fully saturated rings. The first-order valence-corrected chi connectivity index (χ1v) is 12.9. The summed E-state index contributed by atoms with van der Waals surface area (Å²) in [6.07, 6.45) is 10.4. The van der Waals surface area contributed by atoms with Crippen molar-refractivity contribution in [3.63, 3.8) is 0 Å². The van der Waals surface area contributed by atoms with Crippen LogP contribution in [0.5, 0.6) is 0 Å². The largest absolute Gasteiger partial charge is 0.351 e. The Bertz CT molecular complexity index is 1470. The molecule has 1 aliphatic rings. The lowest BCUT2D eigenvalue weighted by molar-refractivity contribution is 0.0888. The van der Waals surface area contributed by atoms with Crippen molar-refractivity contribution in [2.75, 3.05) is 18.4 Å². The molecule has 0 bridgehead atoms. The topological polar surface area (TPSA) is 96.6 Å². The van der Waals surface area contributed by atoms with Crippen molar-refractivity contribution in [2.45, 2.75) is 45.2 Å². The number of fused-ring (bicyclic) bond motifs is 1. The number of anilines is 1. The number of nitrogens with zero attached hydrogens (tertiary/aromatic N) is 5. The van der Waals surface area contributed by atoms with Crippen LogP contribution in [-0.4, -0.2) is 61.1 Å². The van der Waals surface area contributed by atoms with E-state index >= 15 is 0 Å². The van der Waals surface area contributed by atoms with Crippen LogP contribution in [0.3, 0.4) is 0 Å². The van der Waals surface area contributed by atoms with E-state index in [1.807, 2.05) is 25.4 Å². The van der Waals surface area contributed by atoms with Crippen molar-refractivity contribution in [1.29, 1.82) is 0 Å². The van der Waals surface area contributed by atoms with E-state index in [9.17, 15) is 14.0 Å². The lowest BCUT2D eigenvalue weighted by Gasteiger charge is -2.39. The fraction of sp³-hybridized carbons (Fsp3) is 0.357. The highest BCUT2D eigenvalue weighted by Crippen LogP contribution is 2.23. The first kappa shape index (κ1) is 28.3. The van der Waals surface area contributed by atoms with Crippen LogP contribution in [0, 0.1) is 5.82 Å². The average molecular weight is 554 g/mol. The molecule has 3 aromatic heterocycles. The number of likely N-dealkylation sites (tertiary alicyclic amines) is 1. The molecule has 4 aromatic rings. The van der Waals surface area contributed by atoms with Crippen molar-refractivity contribution in [1.82, 2.24) is 29.4 Å². The SMILES string of the molecule is C[C@@H]1CCC[C@H](C)N1CCNC(=O)c1ccc(F)c(NC(=O)c2cnc3cc(-c4cnn(C)c4)ccn23)c1.Cl. The monoisotopic (exact) mass is 553 g/mol. The van der Waals surface area contributed by atoms with Gasteiger partial charge in [-0.2, -0.15) is 5.10 Å². The molecule has 0 spiro atoms. The highest BCUT2D eigenvalue weighted by molar-refractivity contribution is 6.04. The van der Waals surface area contributed by atoms with Crippen molar-refractivity contribution in [3.8, 4) is 11.1 Å². The molecule has 2 atom stereocenters. The smallest absolute Gasteiger partial charge is 0.274 e. The van der Waals surface area contributed by atoms with Crippen molar-refractivity contribution in [2.24, 2.45) is 7.05 Å². The lowest BCUT2D eigenvalue weighted by atomic mass is 9.98. The number of pyridine rings is 1. The molecule has 4 heterocycles. The summed E-state index contributed by atoms with van der Waals surface area (Å²) in [4.78, 5) is 32.5. The summed E-state index contributed by atoms with van der Waals surface area (Å²) in [5.74, 6) is -1.47. The van der Waals surface area contributed by atoms with E-state index in [-0.39, 0.29) is 35.3 Å². The molecule has 0 unspecified atom stereocenters. The summed E-state index contributed by atoms with van der Waals surface area (Å²) in [6.45, 7) is 5.69. The molecule has 2 N–H and O–H groups in total. The van der Waals surface area contributed by atoms with E-state index in [1.54, 1.807) is 21.5 Å². The van der Waals surface area contributed by atoms with Gasteiger partial charge < -0.3 is 10.6 Å². The zero-order valence-corrected chi connectivity index (χ0v) is 23.0. The van der Waals surface area contributed by atoms with Gasteiger partial charge >= 0.3 is 0 Å². The minimum Gasteiger partial charge on any atom is -0.351 e. The molecular formula is C28H33ClFN7O2. The molecule has 5 rings (SSSR count). The number of aromatic nitrogens is 4. The third-order valence-corrected chi connectivity index (χ3v) is 7.29. The van der Waals surface area contributed by atoms with Crippen LogP contribution < -0.4 is 10.6 Å². The molecule has 2 amide bonds. The van der Waals surface area contributed by atoms with E-state index in [0.717, 1.165) is 30.5 Å². The van der Waals surface area contributed by atoms with Gasteiger partial charge in [0.2, 0.25) is 0 Å². The highest BCUT2D eigenvalue weighted by Gasteiger charge is 2.24. The molecule has 1 aromatic carbocycles. The Morgan fingerprint density at radius 1 is 1.05 bits per heavy atom. The Morgan fingerprint density at radius 3 is 2.54 bits per heavy atom. The fourth-order valence-corrected chi connectivity index (χ4v) is 5.16. The normalized spacial score (nSPS) is 17.5. The summed E-state index contributed by atoms with van der Waals surface area (Å²) in [7, 11) is 1.84. The number of aryl methyl sites for hydroxylation is 1. The Morgan fingerprint density at radius 2 is 1.82 bits per heavy atom. The van der Waals surface area contributed by atoms with Gasteiger partial charge in [-0.3, -0.25) is 23.6 Å². The van der Waals surface area contributed by atoms with Crippen molar-refractivity contribution in [3.05, 3.63) is 72.2 Å². The quantitative estimate of drug-likeness (QED) is 0.350. The van der Waals surface area contributed by atoms with Gasteiger partial charge in [0.25, 0.3) is 11.8 Å². The van der Waals surface area contributed by atoms with Gasteiger partial charge in [-0.15, -0.1) is 12.4 Å². The standard InChI is InChI=1S/C28H32FN7O2.ClH/c1-18-5-4-6-19(2)35(18)12-10-30-27(37)21-7-8-23(29)24(13-21)33-28(38)25-16-31-26-14-20(9-11-36(25)26)22-15-32-34(3)17-22;/h7-9,11,13-19H,4-6,10,12H2,1-3H3,(H,30,37)(H,33,38);1H/t18-,19+;. The van der Waals surface area contributed by atoms with Crippen molar-refractivity contribution >= 4 is 35.6 Å². The van der Waals surface area contributed by atoms with Crippen LogP contribution in [0.4, 0.5) is 10.1 Å². The fourth-order valence-electron chi connectivity index (χ4n) is 5.16. The van der Waals surface area contributed by atoms with E-state index in [1.165, 1.54) is 30.8 Å². The van der Waals surface area contributed by atoms with E-state index in [4.69, 9.17) is 0 Å². The highest BCUT2D eigenvalue weighted by atomic mass is 35.5. The number of benzene rings is 1. The van der Waals surface area contributed by atoms with Crippen LogP contribution in [0.25, 0.3) is 16.8 Å². The van der Waals surface area contributed by atoms with Crippen LogP contribution in [0.1, 0.15) is 54.0 Å². The average Bonchev–Trinajstić information content (AvgIpc) is 3.53. The second kappa shape index (κ2) is 12.0. The molecule has 0 aliphatic carbocycles. The predicted molar refractivity (Wildman–Crippen MR) is 151 cm³/mol. The van der Waals surface area contributed by atoms with Gasteiger partial charge in [-0.1, -0.05) is 6.42 Å². The van der Waals surface area contributed by atoms with Gasteiger partial charge in [0.1, 0.15) is 17.2 Å². The molecule has 11 heteroatoms. The Hall–Kier alpha value is -3.76. The van der Waals surface area contributed by atoms with Crippen LogP contribution in [-0.2, 0) is 7.05 Å². The molecule has 206 valence electrons. The Kier molecular flexibility index (Phi) is 8.66. The third kappa shape index (κ3) is 6.12. The van der Waals surface area contributed by atoms with Gasteiger partial charge in [-0.05, 0) is 62.6 Å². The molecular weight excluding hydrogens is 521 g/mol. The second-order valence-corrected chi connectivity index (χ2v) is 9.96. The van der Waals surface area contributed by atoms with Crippen molar-refractivity contribution < 1.29 is 14.0 Å². The second-order valence-electron chi connectivity index (χ2n) is 9.96. The molecule has 39 heavy (non-hydrogen) atoms. The zero-order chi connectivity index (χ0) is 26.8. The number of amides is 2. The molecule has 1 aliphatic heterocycles. The van der Waals surface area contributed by atoms with Gasteiger partial charge in [-0.25, -0.2) is 9.37 Å². The molecule has 9 nitrogen and oxygen atoms in total. The zero-order valence-electron chi connectivity index (χ0n) is 22.2. The van der Waals surface area contributed by atoms with Gasteiger partial charge in [0.05, 0.1) is 18.1 Å². The van der Waals surface area contributed by atoms with Crippen LogP contribution >= 0.6 is 12.4 Å². The number of nitrogens with one attached hydrogen (secondary N) is 2. The molecule has 0 saturated carbocycles. The minimum absolute atomic E-state index is 0. The number of carbonyl (C=O) groups excluding carboxylic acids is 2. The number of hydrogen-bond donors (Lipinski definition) is 2. The van der Waals surface area contributed by atoms with Gasteiger partial charge in [0, 0.05) is 55.7 Å². The summed E-state index contributed by atoms with van der Waals surface area (Å²) in [5.41, 5.74) is 2.88. The number of piperidine rings is 1. The number of rotatable bonds is 7. The maximum atomic E-state index is 14.6. The third-order valence-electron chi connectivity index (χ3n) is 7.29. The lowest BCUT2D eigenvalue weighted by Crippen LogP contribution is -2.47. The summed E-state index contributed by atoms with van der Waals surface area (Å²) < 4.78 is 17.9. The maximum absolute atomic E-state index is 14.6. The summed E-state index contributed by atoms with van der Waals surface area (Å²) in [5, 5.41) is 9.70. The molecule has 0 radical (unpaired) electrons. The predicted octanol–water partition coefficient (Wildman–Crippen LogP) is 4.54.